The van der Waals surface area contributed by atoms with E-state index in [1.54, 1.807) is 0 Å². The molecule has 1 unspecified atom stereocenters. The lowest BCUT2D eigenvalue weighted by molar-refractivity contribution is -0.385. The lowest BCUT2D eigenvalue weighted by atomic mass is 10.0. The highest BCUT2D eigenvalue weighted by molar-refractivity contribution is 5.59. The number of nitro groups is 1. The van der Waals surface area contributed by atoms with Crippen LogP contribution < -0.4 is 15.8 Å². The van der Waals surface area contributed by atoms with Crippen molar-refractivity contribution in [3.63, 3.8) is 0 Å². The van der Waals surface area contributed by atoms with Gasteiger partial charge in [-0.2, -0.15) is 0 Å². The summed E-state index contributed by atoms with van der Waals surface area (Å²) in [6.45, 7) is 4.42. The second-order valence-electron chi connectivity index (χ2n) is 4.97. The highest BCUT2D eigenvalue weighted by atomic mass is 19.1. The number of hydrogen-bond acceptors (Lipinski definition) is 5. The molecule has 1 atom stereocenters. The minimum Gasteiger partial charge on any atom is -0.490 e. The van der Waals surface area contributed by atoms with E-state index in [9.17, 15) is 14.5 Å². The molecule has 6 nitrogen and oxygen atoms in total. The number of hydrogen-bond donors (Lipinski definition) is 2. The summed E-state index contributed by atoms with van der Waals surface area (Å²) in [6.07, 6.45) is 0.773. The van der Waals surface area contributed by atoms with Crippen LogP contribution in [-0.4, -0.2) is 24.6 Å². The van der Waals surface area contributed by atoms with E-state index >= 15 is 0 Å². The second kappa shape index (κ2) is 7.04. The van der Waals surface area contributed by atoms with Crippen LogP contribution in [0.2, 0.25) is 0 Å². The van der Waals surface area contributed by atoms with Gasteiger partial charge in [0.2, 0.25) is 0 Å². The first-order valence-electron chi connectivity index (χ1n) is 6.37. The number of nitro benzene ring substituents is 1. The predicted octanol–water partition coefficient (Wildman–Crippen LogP) is 2.53. The van der Waals surface area contributed by atoms with E-state index in [0.717, 1.165) is 12.5 Å². The van der Waals surface area contributed by atoms with E-state index in [4.69, 9.17) is 10.5 Å². The average Bonchev–Trinajstić information content (AvgIpc) is 2.38. The fourth-order valence-corrected chi connectivity index (χ4v) is 1.96. The SMILES string of the molecule is COc1cc(NC(CN)CC(C)C)c(F)cc1[N+](=O)[O-]. The molecule has 0 aromatic heterocycles. The molecule has 0 amide bonds. The van der Waals surface area contributed by atoms with Crippen molar-refractivity contribution in [2.75, 3.05) is 19.0 Å². The molecule has 1 rings (SSSR count). The molecule has 20 heavy (non-hydrogen) atoms. The summed E-state index contributed by atoms with van der Waals surface area (Å²) in [4.78, 5) is 10.1. The Morgan fingerprint density at radius 1 is 1.50 bits per heavy atom. The van der Waals surface area contributed by atoms with Gasteiger partial charge in [0.15, 0.2) is 11.6 Å². The number of nitrogens with two attached hydrogens (primary N) is 1. The number of methoxy groups -OCH3 is 1. The first-order chi connectivity index (χ1) is 9.38. The molecule has 0 saturated carbocycles. The fourth-order valence-electron chi connectivity index (χ4n) is 1.96. The zero-order chi connectivity index (χ0) is 15.3. The van der Waals surface area contributed by atoms with E-state index in [0.29, 0.717) is 12.5 Å². The van der Waals surface area contributed by atoms with Crippen molar-refractivity contribution in [1.82, 2.24) is 0 Å². The molecule has 0 heterocycles. The summed E-state index contributed by atoms with van der Waals surface area (Å²) in [6, 6.07) is 2.04. The van der Waals surface area contributed by atoms with Crippen LogP contribution in [-0.2, 0) is 0 Å². The molecular weight excluding hydrogens is 265 g/mol. The molecule has 0 aliphatic heterocycles. The average molecular weight is 285 g/mol. The number of rotatable bonds is 7. The number of benzene rings is 1. The van der Waals surface area contributed by atoms with Crippen molar-refractivity contribution in [3.05, 3.63) is 28.1 Å². The molecule has 112 valence electrons. The van der Waals surface area contributed by atoms with Gasteiger partial charge in [0.05, 0.1) is 23.8 Å². The van der Waals surface area contributed by atoms with E-state index in [2.05, 4.69) is 5.32 Å². The maximum Gasteiger partial charge on any atom is 0.313 e. The van der Waals surface area contributed by atoms with Crippen molar-refractivity contribution in [2.45, 2.75) is 26.3 Å². The minimum atomic E-state index is -0.695. The van der Waals surface area contributed by atoms with Gasteiger partial charge in [0.1, 0.15) is 0 Å². The summed E-state index contributed by atoms with van der Waals surface area (Å²) >= 11 is 0. The number of anilines is 1. The second-order valence-corrected chi connectivity index (χ2v) is 4.97. The third kappa shape index (κ3) is 4.06. The number of ether oxygens (including phenoxy) is 1. The van der Waals surface area contributed by atoms with Gasteiger partial charge in [0.25, 0.3) is 0 Å². The maximum atomic E-state index is 13.9. The Balaban J connectivity index is 3.03. The molecule has 0 aliphatic carbocycles. The van der Waals surface area contributed by atoms with Gasteiger partial charge in [-0.25, -0.2) is 4.39 Å². The molecule has 7 heteroatoms. The predicted molar refractivity (Wildman–Crippen MR) is 75.5 cm³/mol. The van der Waals surface area contributed by atoms with Crippen LogP contribution in [0.1, 0.15) is 20.3 Å². The lowest BCUT2D eigenvalue weighted by Crippen LogP contribution is -2.30. The first-order valence-corrected chi connectivity index (χ1v) is 6.37. The zero-order valence-corrected chi connectivity index (χ0v) is 11.9. The molecule has 0 spiro atoms. The van der Waals surface area contributed by atoms with Crippen molar-refractivity contribution in [3.8, 4) is 5.75 Å². The van der Waals surface area contributed by atoms with Crippen LogP contribution in [0.25, 0.3) is 0 Å². The maximum absolute atomic E-state index is 13.9. The van der Waals surface area contributed by atoms with Crippen LogP contribution in [0.4, 0.5) is 15.8 Å². The third-order valence-electron chi connectivity index (χ3n) is 2.87. The van der Waals surface area contributed by atoms with Gasteiger partial charge in [-0.05, 0) is 12.3 Å². The molecule has 0 radical (unpaired) electrons. The van der Waals surface area contributed by atoms with Crippen molar-refractivity contribution in [2.24, 2.45) is 11.7 Å². The smallest absolute Gasteiger partial charge is 0.313 e. The molecule has 1 aromatic rings. The number of nitrogens with one attached hydrogen (secondary N) is 1. The Kier molecular flexibility index (Phi) is 5.69. The van der Waals surface area contributed by atoms with Crippen LogP contribution in [0, 0.1) is 21.8 Å². The third-order valence-corrected chi connectivity index (χ3v) is 2.87. The number of halogens is 1. The molecule has 0 saturated heterocycles. The van der Waals surface area contributed by atoms with Crippen molar-refractivity contribution < 1.29 is 14.1 Å². The minimum absolute atomic E-state index is 0.0132. The van der Waals surface area contributed by atoms with Crippen LogP contribution in [0.15, 0.2) is 12.1 Å². The topological polar surface area (TPSA) is 90.4 Å². The lowest BCUT2D eigenvalue weighted by Gasteiger charge is -2.20. The van der Waals surface area contributed by atoms with Crippen molar-refractivity contribution >= 4 is 11.4 Å². The summed E-state index contributed by atoms with van der Waals surface area (Å²) in [5.74, 6) is -0.280. The fraction of sp³-hybridized carbons (Fsp3) is 0.538. The van der Waals surface area contributed by atoms with E-state index in [1.165, 1.54) is 13.2 Å². The Hall–Kier alpha value is -1.89. The Morgan fingerprint density at radius 3 is 2.60 bits per heavy atom. The first kappa shape index (κ1) is 16.2. The van der Waals surface area contributed by atoms with Gasteiger partial charge in [0, 0.05) is 18.7 Å². The molecule has 0 fully saturated rings. The highest BCUT2D eigenvalue weighted by Gasteiger charge is 2.20. The molecule has 1 aromatic carbocycles. The Labute approximate surface area is 117 Å². The van der Waals surface area contributed by atoms with Gasteiger partial charge in [-0.3, -0.25) is 10.1 Å². The van der Waals surface area contributed by atoms with Gasteiger partial charge >= 0.3 is 5.69 Å². The zero-order valence-electron chi connectivity index (χ0n) is 11.9. The molecule has 0 aliphatic rings. The van der Waals surface area contributed by atoms with E-state index in [1.807, 2.05) is 13.8 Å². The quantitative estimate of drug-likeness (QED) is 0.593. The number of nitrogens with zero attached hydrogens (tertiary/aromatic N) is 1. The summed E-state index contributed by atoms with van der Waals surface area (Å²) in [5, 5.41) is 13.8. The van der Waals surface area contributed by atoms with Crippen LogP contribution in [0.3, 0.4) is 0 Å². The standard InChI is InChI=1S/C13H20FN3O3/c1-8(2)4-9(7-15)16-11-6-13(20-3)12(17(18)19)5-10(11)14/h5-6,8-9,16H,4,7,15H2,1-3H3. The molecule has 0 bridgehead atoms. The van der Waals surface area contributed by atoms with Crippen LogP contribution in [0.5, 0.6) is 5.75 Å². The Bertz CT molecular complexity index is 480. The summed E-state index contributed by atoms with van der Waals surface area (Å²) in [5.41, 5.74) is 5.40. The Morgan fingerprint density at radius 2 is 2.15 bits per heavy atom. The van der Waals surface area contributed by atoms with Gasteiger partial charge < -0.3 is 15.8 Å². The highest BCUT2D eigenvalue weighted by Crippen LogP contribution is 2.32. The summed E-state index contributed by atoms with van der Waals surface area (Å²) in [7, 11) is 1.30. The molecular formula is C13H20FN3O3. The van der Waals surface area contributed by atoms with E-state index < -0.39 is 16.4 Å². The van der Waals surface area contributed by atoms with Crippen LogP contribution >= 0.6 is 0 Å². The van der Waals surface area contributed by atoms with Gasteiger partial charge in [-0.15, -0.1) is 0 Å². The molecule has 3 N–H and O–H groups in total. The largest absolute Gasteiger partial charge is 0.490 e. The van der Waals surface area contributed by atoms with E-state index in [-0.39, 0.29) is 17.5 Å². The normalized spacial score (nSPS) is 12.3. The monoisotopic (exact) mass is 285 g/mol. The summed E-state index contributed by atoms with van der Waals surface area (Å²) < 4.78 is 18.8. The van der Waals surface area contributed by atoms with Crippen molar-refractivity contribution in [1.29, 1.82) is 0 Å². The van der Waals surface area contributed by atoms with Gasteiger partial charge in [-0.1, -0.05) is 13.8 Å².